The number of carbonyl (C=O) groups is 2. The topological polar surface area (TPSA) is 83.6 Å². The van der Waals surface area contributed by atoms with Crippen molar-refractivity contribution in [3.8, 4) is 0 Å². The second kappa shape index (κ2) is 5.66. The molecule has 1 aromatic heterocycles. The number of aliphatic carboxylic acids is 1. The third-order valence-electron chi connectivity index (χ3n) is 2.83. The summed E-state index contributed by atoms with van der Waals surface area (Å²) in [6.45, 7) is 7.37. The predicted octanol–water partition coefficient (Wildman–Crippen LogP) is 1.47. The molecular formula is C12H18N2O4. The molecule has 18 heavy (non-hydrogen) atoms. The van der Waals surface area contributed by atoms with Crippen molar-refractivity contribution in [1.82, 2.24) is 10.1 Å². The molecule has 0 bridgehead atoms. The van der Waals surface area contributed by atoms with Crippen molar-refractivity contribution in [2.75, 3.05) is 13.1 Å². The Bertz CT molecular complexity index is 433. The van der Waals surface area contributed by atoms with E-state index in [9.17, 15) is 9.59 Å². The van der Waals surface area contributed by atoms with Crippen LogP contribution in [0.1, 0.15) is 35.7 Å². The van der Waals surface area contributed by atoms with Crippen LogP contribution in [-0.2, 0) is 4.79 Å². The molecule has 1 atom stereocenters. The van der Waals surface area contributed by atoms with Gasteiger partial charge in [-0.05, 0) is 20.8 Å². The molecule has 1 unspecified atom stereocenters. The molecule has 0 saturated heterocycles. The molecular weight excluding hydrogens is 236 g/mol. The van der Waals surface area contributed by atoms with E-state index in [0.29, 0.717) is 23.6 Å². The fraction of sp³-hybridized carbons (Fsp3) is 0.583. The maximum Gasteiger partial charge on any atom is 0.308 e. The van der Waals surface area contributed by atoms with Gasteiger partial charge in [-0.15, -0.1) is 0 Å². The summed E-state index contributed by atoms with van der Waals surface area (Å²) in [4.78, 5) is 24.6. The van der Waals surface area contributed by atoms with Gasteiger partial charge in [-0.1, -0.05) is 12.1 Å². The first-order valence-corrected chi connectivity index (χ1v) is 5.83. The number of hydrogen-bond acceptors (Lipinski definition) is 4. The van der Waals surface area contributed by atoms with E-state index in [1.807, 2.05) is 6.92 Å². The summed E-state index contributed by atoms with van der Waals surface area (Å²) in [5.74, 6) is -1.30. The number of nitrogens with zero attached hydrogens (tertiary/aromatic N) is 2. The molecule has 1 aromatic rings. The molecule has 1 rings (SSSR count). The van der Waals surface area contributed by atoms with Crippen LogP contribution >= 0.6 is 0 Å². The molecule has 6 heteroatoms. The fourth-order valence-electron chi connectivity index (χ4n) is 1.71. The summed E-state index contributed by atoms with van der Waals surface area (Å²) in [5, 5.41) is 12.6. The first kappa shape index (κ1) is 14.2. The van der Waals surface area contributed by atoms with Crippen molar-refractivity contribution in [3.05, 3.63) is 17.0 Å². The van der Waals surface area contributed by atoms with Gasteiger partial charge in [0.25, 0.3) is 5.91 Å². The van der Waals surface area contributed by atoms with E-state index in [4.69, 9.17) is 9.63 Å². The Hall–Kier alpha value is -1.85. The van der Waals surface area contributed by atoms with Gasteiger partial charge < -0.3 is 14.5 Å². The highest BCUT2D eigenvalue weighted by molar-refractivity contribution is 5.96. The third-order valence-corrected chi connectivity index (χ3v) is 2.83. The number of hydrogen-bond donors (Lipinski definition) is 1. The molecule has 0 saturated carbocycles. The van der Waals surface area contributed by atoms with E-state index in [0.717, 1.165) is 0 Å². The number of rotatable bonds is 5. The quantitative estimate of drug-likeness (QED) is 0.860. The van der Waals surface area contributed by atoms with Crippen molar-refractivity contribution in [3.63, 3.8) is 0 Å². The standard InChI is InChI=1S/C12H18N2O4/c1-5-14(6-7(2)12(16)17)11(15)10-8(3)13-18-9(10)4/h7H,5-6H2,1-4H3,(H,16,17). The lowest BCUT2D eigenvalue weighted by Crippen LogP contribution is -2.37. The Labute approximate surface area is 106 Å². The molecule has 0 aromatic carbocycles. The smallest absolute Gasteiger partial charge is 0.308 e. The Morgan fingerprint density at radius 1 is 1.44 bits per heavy atom. The van der Waals surface area contributed by atoms with E-state index in [2.05, 4.69) is 5.16 Å². The van der Waals surface area contributed by atoms with Gasteiger partial charge in [-0.2, -0.15) is 0 Å². The van der Waals surface area contributed by atoms with Crippen LogP contribution in [0.5, 0.6) is 0 Å². The summed E-state index contributed by atoms with van der Waals surface area (Å²) in [5.41, 5.74) is 0.952. The second-order valence-electron chi connectivity index (χ2n) is 4.28. The molecule has 100 valence electrons. The molecule has 0 aliphatic rings. The van der Waals surface area contributed by atoms with Crippen LogP contribution in [-0.4, -0.2) is 40.1 Å². The molecule has 0 aliphatic carbocycles. The van der Waals surface area contributed by atoms with Crippen molar-refractivity contribution in [2.45, 2.75) is 27.7 Å². The van der Waals surface area contributed by atoms with E-state index < -0.39 is 11.9 Å². The molecule has 1 heterocycles. The lowest BCUT2D eigenvalue weighted by molar-refractivity contribution is -0.141. The Kier molecular flexibility index (Phi) is 4.47. The molecule has 6 nitrogen and oxygen atoms in total. The number of aromatic nitrogens is 1. The summed E-state index contributed by atoms with van der Waals surface area (Å²) in [7, 11) is 0. The van der Waals surface area contributed by atoms with Crippen LogP contribution in [0.15, 0.2) is 4.52 Å². The zero-order valence-corrected chi connectivity index (χ0v) is 11.1. The van der Waals surface area contributed by atoms with Crippen LogP contribution in [0, 0.1) is 19.8 Å². The fourth-order valence-corrected chi connectivity index (χ4v) is 1.71. The van der Waals surface area contributed by atoms with Gasteiger partial charge in [0, 0.05) is 13.1 Å². The van der Waals surface area contributed by atoms with E-state index in [1.165, 1.54) is 4.90 Å². The largest absolute Gasteiger partial charge is 0.481 e. The molecule has 1 N–H and O–H groups in total. The Balaban J connectivity index is 2.90. The van der Waals surface area contributed by atoms with Crippen molar-refractivity contribution in [2.24, 2.45) is 5.92 Å². The average molecular weight is 254 g/mol. The highest BCUT2D eigenvalue weighted by atomic mass is 16.5. The average Bonchev–Trinajstić information content (AvgIpc) is 2.64. The lowest BCUT2D eigenvalue weighted by Gasteiger charge is -2.22. The van der Waals surface area contributed by atoms with Crippen LogP contribution in [0.4, 0.5) is 0 Å². The van der Waals surface area contributed by atoms with Crippen molar-refractivity contribution in [1.29, 1.82) is 0 Å². The first-order chi connectivity index (χ1) is 8.38. The highest BCUT2D eigenvalue weighted by Crippen LogP contribution is 2.16. The number of carboxylic acid groups (broad SMARTS) is 1. The summed E-state index contributed by atoms with van der Waals surface area (Å²) in [6.07, 6.45) is 0. The first-order valence-electron chi connectivity index (χ1n) is 5.83. The normalized spacial score (nSPS) is 12.2. The van der Waals surface area contributed by atoms with Crippen LogP contribution < -0.4 is 0 Å². The Morgan fingerprint density at radius 3 is 2.44 bits per heavy atom. The summed E-state index contributed by atoms with van der Waals surface area (Å²) < 4.78 is 4.95. The van der Waals surface area contributed by atoms with Crippen molar-refractivity contribution < 1.29 is 19.2 Å². The van der Waals surface area contributed by atoms with E-state index in [1.54, 1.807) is 20.8 Å². The monoisotopic (exact) mass is 254 g/mol. The predicted molar refractivity (Wildman–Crippen MR) is 64.4 cm³/mol. The van der Waals surface area contributed by atoms with Crippen LogP contribution in [0.2, 0.25) is 0 Å². The Morgan fingerprint density at radius 2 is 2.06 bits per heavy atom. The van der Waals surface area contributed by atoms with Gasteiger partial charge in [0.05, 0.1) is 11.6 Å². The number of amides is 1. The van der Waals surface area contributed by atoms with Gasteiger partial charge >= 0.3 is 5.97 Å². The van der Waals surface area contributed by atoms with Gasteiger partial charge in [0.1, 0.15) is 11.3 Å². The third kappa shape index (κ3) is 2.88. The minimum atomic E-state index is -0.917. The zero-order chi connectivity index (χ0) is 13.9. The molecule has 0 radical (unpaired) electrons. The maximum absolute atomic E-state index is 12.3. The molecule has 1 amide bonds. The van der Waals surface area contributed by atoms with Gasteiger partial charge in [-0.25, -0.2) is 0 Å². The summed E-state index contributed by atoms with van der Waals surface area (Å²) >= 11 is 0. The van der Waals surface area contributed by atoms with Crippen LogP contribution in [0.3, 0.4) is 0 Å². The summed E-state index contributed by atoms with van der Waals surface area (Å²) in [6, 6.07) is 0. The molecule has 0 spiro atoms. The zero-order valence-electron chi connectivity index (χ0n) is 11.1. The number of carbonyl (C=O) groups excluding carboxylic acids is 1. The minimum absolute atomic E-state index is 0.175. The molecule has 0 fully saturated rings. The number of aryl methyl sites for hydroxylation is 2. The second-order valence-corrected chi connectivity index (χ2v) is 4.28. The highest BCUT2D eigenvalue weighted by Gasteiger charge is 2.25. The van der Waals surface area contributed by atoms with Crippen molar-refractivity contribution >= 4 is 11.9 Å². The molecule has 0 aliphatic heterocycles. The van der Waals surface area contributed by atoms with Crippen LogP contribution in [0.25, 0.3) is 0 Å². The van der Waals surface area contributed by atoms with E-state index in [-0.39, 0.29) is 12.5 Å². The minimum Gasteiger partial charge on any atom is -0.481 e. The van der Waals surface area contributed by atoms with E-state index >= 15 is 0 Å². The lowest BCUT2D eigenvalue weighted by atomic mass is 10.1. The number of carboxylic acids is 1. The van der Waals surface area contributed by atoms with Gasteiger partial charge in [0.2, 0.25) is 0 Å². The SMILES string of the molecule is CCN(CC(C)C(=O)O)C(=O)c1c(C)noc1C. The van der Waals surface area contributed by atoms with Gasteiger partial charge in [-0.3, -0.25) is 9.59 Å². The van der Waals surface area contributed by atoms with Gasteiger partial charge in [0.15, 0.2) is 0 Å². The maximum atomic E-state index is 12.3.